The molecule has 1 aromatic rings. The number of nitrogens with zero attached hydrogens (tertiary/aromatic N) is 2. The van der Waals surface area contributed by atoms with Crippen LogP contribution >= 0.6 is 12.2 Å². The van der Waals surface area contributed by atoms with Crippen molar-refractivity contribution in [3.8, 4) is 0 Å². The van der Waals surface area contributed by atoms with Crippen molar-refractivity contribution in [2.45, 2.75) is 38.2 Å². The molecule has 1 fully saturated rings. The van der Waals surface area contributed by atoms with Gasteiger partial charge in [-0.1, -0.05) is 32.0 Å². The average Bonchev–Trinajstić information content (AvgIpc) is 3.18. The highest BCUT2D eigenvalue weighted by atomic mass is 32.1. The van der Waals surface area contributed by atoms with Gasteiger partial charge in [0.15, 0.2) is 5.11 Å². The molecule has 2 aliphatic rings. The van der Waals surface area contributed by atoms with Gasteiger partial charge in [0.1, 0.15) is 0 Å². The highest BCUT2D eigenvalue weighted by Gasteiger charge is 2.37. The highest BCUT2D eigenvalue weighted by molar-refractivity contribution is 7.80. The van der Waals surface area contributed by atoms with Gasteiger partial charge in [-0.2, -0.15) is 5.10 Å². The summed E-state index contributed by atoms with van der Waals surface area (Å²) in [5, 5.41) is 7.88. The number of para-hydroxylation sites is 1. The van der Waals surface area contributed by atoms with E-state index in [2.05, 4.69) is 65.9 Å². The molecule has 2 heterocycles. The number of likely N-dealkylation sites (N-methyl/N-ethyl adjacent to an activating group) is 1. The molecule has 2 N–H and O–H groups in total. The Morgan fingerprint density at radius 2 is 2.24 bits per heavy atom. The Balaban J connectivity index is 1.56. The Kier molecular flexibility index (Phi) is 5.39. The van der Waals surface area contributed by atoms with E-state index in [1.807, 2.05) is 6.08 Å². The van der Waals surface area contributed by atoms with Gasteiger partial charge >= 0.3 is 0 Å². The van der Waals surface area contributed by atoms with Crippen LogP contribution < -0.4 is 15.6 Å². The average molecular weight is 359 g/mol. The Morgan fingerprint density at radius 1 is 1.44 bits per heavy atom. The lowest BCUT2D eigenvalue weighted by Gasteiger charge is -2.23. The second kappa shape index (κ2) is 7.54. The molecule has 3 rings (SSSR count). The first-order valence-corrected chi connectivity index (χ1v) is 9.13. The number of nitrogens with one attached hydrogen (secondary N) is 2. The van der Waals surface area contributed by atoms with Gasteiger partial charge in [-0.3, -0.25) is 5.43 Å². The minimum Gasteiger partial charge on any atom is -0.376 e. The third-order valence-corrected chi connectivity index (χ3v) is 5.16. The van der Waals surface area contributed by atoms with Crippen molar-refractivity contribution < 1.29 is 4.74 Å². The lowest BCUT2D eigenvalue weighted by molar-refractivity contribution is 0.114. The van der Waals surface area contributed by atoms with E-state index in [0.717, 1.165) is 26.0 Å². The number of rotatable bonds is 4. The summed E-state index contributed by atoms with van der Waals surface area (Å²) < 4.78 is 5.56. The van der Waals surface area contributed by atoms with Gasteiger partial charge in [-0.05, 0) is 42.8 Å². The number of anilines is 1. The van der Waals surface area contributed by atoms with Crippen LogP contribution in [0.4, 0.5) is 5.69 Å². The summed E-state index contributed by atoms with van der Waals surface area (Å²) >= 11 is 5.24. The molecule has 0 saturated carbocycles. The molecular formula is C19H26N4OS. The monoisotopic (exact) mass is 358 g/mol. The first-order chi connectivity index (χ1) is 12.0. The summed E-state index contributed by atoms with van der Waals surface area (Å²) in [7, 11) is 2.09. The first kappa shape index (κ1) is 17.9. The number of hydrogen-bond acceptors (Lipinski definition) is 4. The van der Waals surface area contributed by atoms with Crippen molar-refractivity contribution in [3.05, 3.63) is 41.6 Å². The Bertz CT molecular complexity index is 692. The number of benzene rings is 1. The minimum absolute atomic E-state index is 0.0457. The van der Waals surface area contributed by atoms with Crippen molar-refractivity contribution in [2.24, 2.45) is 5.10 Å². The summed E-state index contributed by atoms with van der Waals surface area (Å²) in [6, 6.07) is 8.50. The van der Waals surface area contributed by atoms with Crippen LogP contribution in [0.5, 0.6) is 0 Å². The molecule has 1 aromatic carbocycles. The number of hydrogen-bond donors (Lipinski definition) is 2. The van der Waals surface area contributed by atoms with E-state index in [4.69, 9.17) is 17.0 Å². The number of thiocarbonyl (C=S) groups is 1. The summed E-state index contributed by atoms with van der Waals surface area (Å²) in [5.74, 6) is 0. The lowest BCUT2D eigenvalue weighted by Crippen LogP contribution is -2.37. The van der Waals surface area contributed by atoms with Crippen molar-refractivity contribution in [2.75, 3.05) is 25.1 Å². The first-order valence-electron chi connectivity index (χ1n) is 8.72. The second-order valence-corrected chi connectivity index (χ2v) is 7.40. The Morgan fingerprint density at radius 3 is 2.96 bits per heavy atom. The Labute approximate surface area is 155 Å². The van der Waals surface area contributed by atoms with Crippen molar-refractivity contribution in [1.82, 2.24) is 10.7 Å². The molecule has 134 valence electrons. The molecule has 0 aliphatic carbocycles. The fraction of sp³-hybridized carbons (Fsp3) is 0.474. The number of ether oxygens (including phenoxy) is 1. The van der Waals surface area contributed by atoms with Gasteiger partial charge in [0.05, 0.1) is 6.10 Å². The van der Waals surface area contributed by atoms with Crippen LogP contribution in [0.3, 0.4) is 0 Å². The van der Waals surface area contributed by atoms with Crippen molar-refractivity contribution in [1.29, 1.82) is 0 Å². The van der Waals surface area contributed by atoms with Gasteiger partial charge in [0.2, 0.25) is 0 Å². The van der Waals surface area contributed by atoms with Crippen LogP contribution in [-0.4, -0.2) is 37.6 Å². The van der Waals surface area contributed by atoms with Gasteiger partial charge < -0.3 is 15.0 Å². The quantitative estimate of drug-likeness (QED) is 0.492. The van der Waals surface area contributed by atoms with Crippen molar-refractivity contribution in [3.63, 3.8) is 0 Å². The smallest absolute Gasteiger partial charge is 0.187 e. The standard InChI is InChI=1S/C19H26N4OS/c1-19(2)15-8-4-5-9-16(15)23(3)17(19)10-11-21-22-18(25)20-13-14-7-6-12-24-14/h4-5,8-11,14H,6-7,12-13H2,1-3H3,(H2,20,22,25)/b17-10-,21-11+. The Hall–Kier alpha value is -1.92. The number of fused-ring (bicyclic) bond motifs is 1. The summed E-state index contributed by atoms with van der Waals surface area (Å²) in [6.07, 6.45) is 6.28. The van der Waals surface area contributed by atoms with E-state index < -0.39 is 0 Å². The zero-order valence-corrected chi connectivity index (χ0v) is 15.9. The van der Waals surface area contributed by atoms with Crippen LogP contribution in [0, 0.1) is 0 Å². The maximum absolute atomic E-state index is 5.56. The third-order valence-electron chi connectivity index (χ3n) is 4.93. The molecule has 1 atom stereocenters. The largest absolute Gasteiger partial charge is 0.376 e. The molecule has 6 heteroatoms. The predicted molar refractivity (Wildman–Crippen MR) is 107 cm³/mol. The van der Waals surface area contributed by atoms with Gasteiger partial charge in [0.25, 0.3) is 0 Å². The molecule has 0 radical (unpaired) electrons. The maximum atomic E-state index is 5.56. The molecule has 1 saturated heterocycles. The maximum Gasteiger partial charge on any atom is 0.187 e. The fourth-order valence-corrected chi connectivity index (χ4v) is 3.69. The molecule has 2 aliphatic heterocycles. The van der Waals surface area contributed by atoms with Crippen LogP contribution in [0.25, 0.3) is 0 Å². The van der Waals surface area contributed by atoms with Gasteiger partial charge in [-0.15, -0.1) is 0 Å². The van der Waals surface area contributed by atoms with Crippen LogP contribution in [0.2, 0.25) is 0 Å². The topological polar surface area (TPSA) is 48.9 Å². The molecule has 0 amide bonds. The summed E-state index contributed by atoms with van der Waals surface area (Å²) in [4.78, 5) is 2.22. The van der Waals surface area contributed by atoms with E-state index in [-0.39, 0.29) is 11.5 Å². The number of hydrazone groups is 1. The predicted octanol–water partition coefficient (Wildman–Crippen LogP) is 2.93. The second-order valence-electron chi connectivity index (χ2n) is 6.99. The molecule has 5 nitrogen and oxygen atoms in total. The molecule has 0 spiro atoms. The van der Waals surface area contributed by atoms with Gasteiger partial charge in [0, 0.05) is 43.2 Å². The normalized spacial score (nSPS) is 23.2. The van der Waals surface area contributed by atoms with E-state index in [1.165, 1.54) is 16.9 Å². The zero-order chi connectivity index (χ0) is 17.9. The molecule has 0 aromatic heterocycles. The molecule has 25 heavy (non-hydrogen) atoms. The van der Waals surface area contributed by atoms with Crippen LogP contribution in [0.15, 0.2) is 41.1 Å². The zero-order valence-electron chi connectivity index (χ0n) is 15.1. The minimum atomic E-state index is -0.0457. The SMILES string of the molecule is CN1/C(=C\C=N\NC(=S)NCC2CCCO2)C(C)(C)c2ccccc21. The van der Waals surface area contributed by atoms with Crippen LogP contribution in [0.1, 0.15) is 32.3 Å². The third kappa shape index (κ3) is 3.85. The molecule has 0 bridgehead atoms. The van der Waals surface area contributed by atoms with E-state index in [0.29, 0.717) is 5.11 Å². The van der Waals surface area contributed by atoms with Gasteiger partial charge in [-0.25, -0.2) is 0 Å². The van der Waals surface area contributed by atoms with E-state index in [9.17, 15) is 0 Å². The molecular weight excluding hydrogens is 332 g/mol. The van der Waals surface area contributed by atoms with E-state index in [1.54, 1.807) is 6.21 Å². The van der Waals surface area contributed by atoms with Crippen LogP contribution in [-0.2, 0) is 10.2 Å². The summed E-state index contributed by atoms with van der Waals surface area (Å²) in [6.45, 7) is 6.05. The molecule has 1 unspecified atom stereocenters. The van der Waals surface area contributed by atoms with Crippen molar-refractivity contribution >= 4 is 29.2 Å². The van der Waals surface area contributed by atoms with E-state index >= 15 is 0 Å². The summed E-state index contributed by atoms with van der Waals surface area (Å²) in [5.41, 5.74) is 6.60. The lowest BCUT2D eigenvalue weighted by atomic mass is 9.84. The fourth-order valence-electron chi connectivity index (χ4n) is 3.56. The highest BCUT2D eigenvalue weighted by Crippen LogP contribution is 2.46. The number of allylic oxidation sites excluding steroid dienone is 2.